The van der Waals surface area contributed by atoms with Gasteiger partial charge < -0.3 is 9.72 Å². The first kappa shape index (κ1) is 8.29. The third kappa shape index (κ3) is 1.16. The van der Waals surface area contributed by atoms with Crippen LogP contribution in [0.3, 0.4) is 0 Å². The lowest BCUT2D eigenvalue weighted by Gasteiger charge is -2.16. The highest BCUT2D eigenvalue weighted by molar-refractivity contribution is 5.79. The molecule has 0 saturated heterocycles. The van der Waals surface area contributed by atoms with Crippen LogP contribution in [0.4, 0.5) is 0 Å². The fraction of sp³-hybridized carbons (Fsp3) is 0.0833. The van der Waals surface area contributed by atoms with E-state index in [2.05, 4.69) is 4.98 Å². The second kappa shape index (κ2) is 2.98. The summed E-state index contributed by atoms with van der Waals surface area (Å²) in [6, 6.07) is 9.64. The average molecular weight is 199 g/mol. The molecule has 3 nitrogen and oxygen atoms in total. The van der Waals surface area contributed by atoms with Gasteiger partial charge in [0.25, 0.3) is 0 Å². The van der Waals surface area contributed by atoms with Gasteiger partial charge in [0, 0.05) is 11.1 Å². The molecule has 3 rings (SSSR count). The molecule has 0 fully saturated rings. The highest BCUT2D eigenvalue weighted by Crippen LogP contribution is 2.36. The van der Waals surface area contributed by atoms with Crippen molar-refractivity contribution in [2.24, 2.45) is 0 Å². The molecule has 0 bridgehead atoms. The number of carbonyl (C=O) groups excluding carboxylic acids is 1. The fourth-order valence-electron chi connectivity index (χ4n) is 1.89. The zero-order valence-corrected chi connectivity index (χ0v) is 7.99. The normalized spacial score (nSPS) is 12.5. The van der Waals surface area contributed by atoms with Crippen molar-refractivity contribution in [1.29, 1.82) is 0 Å². The molecule has 3 heteroatoms. The summed E-state index contributed by atoms with van der Waals surface area (Å²) in [6.45, 7) is 0.524. The summed E-state index contributed by atoms with van der Waals surface area (Å²) < 4.78 is 5.57. The van der Waals surface area contributed by atoms with Crippen LogP contribution in [-0.2, 0) is 6.61 Å². The molecule has 15 heavy (non-hydrogen) atoms. The Morgan fingerprint density at radius 1 is 1.33 bits per heavy atom. The molecule has 0 unspecified atom stereocenters. The third-order valence-corrected chi connectivity index (χ3v) is 2.59. The summed E-state index contributed by atoms with van der Waals surface area (Å²) in [5, 5.41) is 0. The number of ether oxygens (including phenoxy) is 1. The second-order valence-electron chi connectivity index (χ2n) is 3.53. The summed E-state index contributed by atoms with van der Waals surface area (Å²) in [7, 11) is 0. The van der Waals surface area contributed by atoms with Crippen molar-refractivity contribution >= 4 is 6.29 Å². The van der Waals surface area contributed by atoms with Gasteiger partial charge >= 0.3 is 0 Å². The van der Waals surface area contributed by atoms with E-state index in [1.165, 1.54) is 0 Å². The molecule has 0 aliphatic carbocycles. The van der Waals surface area contributed by atoms with Crippen LogP contribution < -0.4 is 4.74 Å². The molecule has 0 amide bonds. The number of carbonyl (C=O) groups is 1. The molecule has 0 radical (unpaired) electrons. The minimum absolute atomic E-state index is 0.524. The Hall–Kier alpha value is -2.03. The third-order valence-electron chi connectivity index (χ3n) is 2.59. The van der Waals surface area contributed by atoms with Gasteiger partial charge in [-0.05, 0) is 18.2 Å². The van der Waals surface area contributed by atoms with Crippen LogP contribution in [0.1, 0.15) is 16.1 Å². The number of aldehydes is 1. The number of hydrogen-bond acceptors (Lipinski definition) is 2. The molecule has 1 aromatic heterocycles. The van der Waals surface area contributed by atoms with Crippen LogP contribution in [0.25, 0.3) is 11.3 Å². The molecular formula is C12H9NO2. The molecule has 0 saturated carbocycles. The Kier molecular flexibility index (Phi) is 1.65. The van der Waals surface area contributed by atoms with Crippen molar-refractivity contribution in [2.75, 3.05) is 0 Å². The summed E-state index contributed by atoms with van der Waals surface area (Å²) >= 11 is 0. The Morgan fingerprint density at radius 2 is 2.20 bits per heavy atom. The number of para-hydroxylation sites is 1. The van der Waals surface area contributed by atoms with Gasteiger partial charge in [-0.15, -0.1) is 0 Å². The maximum atomic E-state index is 10.7. The number of aromatic nitrogens is 1. The van der Waals surface area contributed by atoms with Gasteiger partial charge in [0.05, 0.1) is 11.4 Å². The lowest BCUT2D eigenvalue weighted by Crippen LogP contribution is -2.03. The summed E-state index contributed by atoms with van der Waals surface area (Å²) in [5.74, 6) is 0.865. The predicted molar refractivity (Wildman–Crippen MR) is 55.9 cm³/mol. The van der Waals surface area contributed by atoms with Gasteiger partial charge in [-0.2, -0.15) is 0 Å². The summed E-state index contributed by atoms with van der Waals surface area (Å²) in [4.78, 5) is 13.8. The van der Waals surface area contributed by atoms with Crippen LogP contribution in [0.5, 0.6) is 5.75 Å². The molecule has 0 spiro atoms. The highest BCUT2D eigenvalue weighted by atomic mass is 16.5. The summed E-state index contributed by atoms with van der Waals surface area (Å²) in [5.41, 5.74) is 3.65. The smallest absolute Gasteiger partial charge is 0.166 e. The molecule has 74 valence electrons. The Balaban J connectivity index is 2.24. The maximum Gasteiger partial charge on any atom is 0.166 e. The number of rotatable bonds is 1. The van der Waals surface area contributed by atoms with E-state index >= 15 is 0 Å². The quantitative estimate of drug-likeness (QED) is 0.716. The van der Waals surface area contributed by atoms with Gasteiger partial charge in [0.2, 0.25) is 0 Å². The largest absolute Gasteiger partial charge is 0.488 e. The standard InChI is InChI=1S/C12H9NO2/c14-6-9-5-8-7-15-11-4-2-1-3-10(11)12(8)13-9/h1-6,13H,7H2. The molecule has 1 N–H and O–H groups in total. The van der Waals surface area contributed by atoms with Crippen molar-refractivity contribution in [1.82, 2.24) is 4.98 Å². The van der Waals surface area contributed by atoms with E-state index < -0.39 is 0 Å². The van der Waals surface area contributed by atoms with Gasteiger partial charge in [0.1, 0.15) is 12.4 Å². The number of benzene rings is 1. The minimum atomic E-state index is 0.524. The maximum absolute atomic E-state index is 10.7. The van der Waals surface area contributed by atoms with E-state index in [9.17, 15) is 4.79 Å². The number of aromatic amines is 1. The fourth-order valence-corrected chi connectivity index (χ4v) is 1.89. The van der Waals surface area contributed by atoms with Gasteiger partial charge in [-0.1, -0.05) is 12.1 Å². The zero-order chi connectivity index (χ0) is 10.3. The number of nitrogens with one attached hydrogen (secondary N) is 1. The van der Waals surface area contributed by atoms with Crippen molar-refractivity contribution in [2.45, 2.75) is 6.61 Å². The SMILES string of the molecule is O=Cc1cc2c([nH]1)-c1ccccc1OC2. The number of hydrogen-bond donors (Lipinski definition) is 1. The first-order valence-electron chi connectivity index (χ1n) is 4.78. The molecule has 0 atom stereocenters. The van der Waals surface area contributed by atoms with Gasteiger partial charge in [-0.25, -0.2) is 0 Å². The molecule has 1 aromatic carbocycles. The molecule has 1 aliphatic heterocycles. The van der Waals surface area contributed by atoms with Crippen molar-refractivity contribution in [3.05, 3.63) is 41.6 Å². The molecular weight excluding hydrogens is 190 g/mol. The van der Waals surface area contributed by atoms with E-state index in [-0.39, 0.29) is 0 Å². The predicted octanol–water partition coefficient (Wildman–Crippen LogP) is 2.39. The Morgan fingerprint density at radius 3 is 3.07 bits per heavy atom. The van der Waals surface area contributed by atoms with E-state index in [0.29, 0.717) is 12.3 Å². The van der Waals surface area contributed by atoms with Crippen LogP contribution >= 0.6 is 0 Å². The van der Waals surface area contributed by atoms with Gasteiger partial charge in [-0.3, -0.25) is 4.79 Å². The zero-order valence-electron chi connectivity index (χ0n) is 7.99. The molecule has 2 heterocycles. The molecule has 2 aromatic rings. The van der Waals surface area contributed by atoms with E-state index in [4.69, 9.17) is 4.74 Å². The highest BCUT2D eigenvalue weighted by Gasteiger charge is 2.18. The lowest BCUT2D eigenvalue weighted by atomic mass is 10.1. The van der Waals surface area contributed by atoms with Crippen molar-refractivity contribution < 1.29 is 9.53 Å². The van der Waals surface area contributed by atoms with Crippen LogP contribution in [-0.4, -0.2) is 11.3 Å². The topological polar surface area (TPSA) is 42.1 Å². The Bertz CT molecular complexity index is 528. The first-order chi connectivity index (χ1) is 7.38. The van der Waals surface area contributed by atoms with Crippen molar-refractivity contribution in [3.63, 3.8) is 0 Å². The number of fused-ring (bicyclic) bond motifs is 3. The average Bonchev–Trinajstić information content (AvgIpc) is 2.72. The monoisotopic (exact) mass is 199 g/mol. The Labute approximate surface area is 86.7 Å². The van der Waals surface area contributed by atoms with E-state index in [1.807, 2.05) is 30.3 Å². The van der Waals surface area contributed by atoms with Crippen LogP contribution in [0.2, 0.25) is 0 Å². The summed E-state index contributed by atoms with van der Waals surface area (Å²) in [6.07, 6.45) is 0.820. The van der Waals surface area contributed by atoms with Crippen LogP contribution in [0, 0.1) is 0 Å². The van der Waals surface area contributed by atoms with Gasteiger partial charge in [0.15, 0.2) is 6.29 Å². The van der Waals surface area contributed by atoms with E-state index in [1.54, 1.807) is 0 Å². The van der Waals surface area contributed by atoms with E-state index in [0.717, 1.165) is 28.9 Å². The second-order valence-corrected chi connectivity index (χ2v) is 3.53. The van der Waals surface area contributed by atoms with Crippen LogP contribution in [0.15, 0.2) is 30.3 Å². The van der Waals surface area contributed by atoms with Crippen molar-refractivity contribution in [3.8, 4) is 17.0 Å². The minimum Gasteiger partial charge on any atom is -0.488 e. The lowest BCUT2D eigenvalue weighted by molar-refractivity contribution is 0.111. The number of H-pyrrole nitrogens is 1. The molecule has 1 aliphatic rings. The first-order valence-corrected chi connectivity index (χ1v) is 4.78.